The Labute approximate surface area is 117 Å². The molecule has 0 aliphatic carbocycles. The van der Waals surface area contributed by atoms with E-state index in [4.69, 9.17) is 9.47 Å². The Morgan fingerprint density at radius 1 is 1.25 bits per heavy atom. The number of H-pyrrole nitrogens is 1. The molecule has 0 fully saturated rings. The van der Waals surface area contributed by atoms with Gasteiger partial charge in [-0.1, -0.05) is 0 Å². The fourth-order valence-corrected chi connectivity index (χ4v) is 1.80. The van der Waals surface area contributed by atoms with Gasteiger partial charge in [-0.3, -0.25) is 9.89 Å². The van der Waals surface area contributed by atoms with Crippen LogP contribution in [-0.2, 0) is 0 Å². The van der Waals surface area contributed by atoms with Gasteiger partial charge in [0.1, 0.15) is 11.5 Å². The largest absolute Gasteiger partial charge is 0.497 e. The molecule has 0 radical (unpaired) electrons. The molecule has 6 nitrogen and oxygen atoms in total. The third-order valence-electron chi connectivity index (χ3n) is 2.98. The van der Waals surface area contributed by atoms with Crippen molar-refractivity contribution in [1.82, 2.24) is 15.5 Å². The highest BCUT2D eigenvalue weighted by atomic mass is 16.5. The van der Waals surface area contributed by atoms with Gasteiger partial charge in [-0.05, 0) is 19.1 Å². The van der Waals surface area contributed by atoms with E-state index in [9.17, 15) is 4.79 Å². The number of nitrogens with one attached hydrogen (secondary N) is 2. The van der Waals surface area contributed by atoms with E-state index >= 15 is 0 Å². The molecule has 1 amide bonds. The average Bonchev–Trinajstić information content (AvgIpc) is 3.00. The van der Waals surface area contributed by atoms with Crippen molar-refractivity contribution in [2.24, 2.45) is 0 Å². The molecule has 1 atom stereocenters. The first-order valence-corrected chi connectivity index (χ1v) is 6.16. The lowest BCUT2D eigenvalue weighted by Gasteiger charge is -2.13. The molecule has 0 aliphatic rings. The molecule has 106 valence electrons. The molecule has 2 aromatic rings. The number of amides is 1. The molecule has 2 N–H and O–H groups in total. The van der Waals surface area contributed by atoms with Crippen LogP contribution in [0, 0.1) is 0 Å². The second-order valence-corrected chi connectivity index (χ2v) is 4.33. The Bertz CT molecular complexity index is 559. The Morgan fingerprint density at radius 3 is 2.40 bits per heavy atom. The maximum absolute atomic E-state index is 12.2. The van der Waals surface area contributed by atoms with E-state index in [1.54, 1.807) is 44.8 Å². The van der Waals surface area contributed by atoms with E-state index < -0.39 is 0 Å². The number of carbonyl (C=O) groups excluding carboxylic acids is 1. The van der Waals surface area contributed by atoms with Crippen LogP contribution < -0.4 is 14.8 Å². The van der Waals surface area contributed by atoms with Gasteiger partial charge in [-0.2, -0.15) is 5.10 Å². The predicted octanol–water partition coefficient (Wildman–Crippen LogP) is 1.92. The van der Waals surface area contributed by atoms with Gasteiger partial charge in [0.05, 0.1) is 26.5 Å². The minimum atomic E-state index is -0.198. The third-order valence-corrected chi connectivity index (χ3v) is 2.98. The zero-order chi connectivity index (χ0) is 14.5. The van der Waals surface area contributed by atoms with Crippen LogP contribution in [0.1, 0.15) is 28.9 Å². The van der Waals surface area contributed by atoms with Crippen LogP contribution in [0.5, 0.6) is 11.5 Å². The number of hydrogen-bond acceptors (Lipinski definition) is 4. The number of hydrogen-bond donors (Lipinski definition) is 2. The van der Waals surface area contributed by atoms with Crippen LogP contribution in [0.25, 0.3) is 0 Å². The second-order valence-electron chi connectivity index (χ2n) is 4.33. The first-order chi connectivity index (χ1) is 9.63. The monoisotopic (exact) mass is 275 g/mol. The van der Waals surface area contributed by atoms with Gasteiger partial charge in [0, 0.05) is 23.4 Å². The van der Waals surface area contributed by atoms with Gasteiger partial charge >= 0.3 is 0 Å². The van der Waals surface area contributed by atoms with E-state index in [0.717, 1.165) is 5.56 Å². The lowest BCUT2D eigenvalue weighted by molar-refractivity contribution is 0.0939. The molecule has 1 unspecified atom stereocenters. The van der Waals surface area contributed by atoms with Crippen molar-refractivity contribution in [1.29, 1.82) is 0 Å². The summed E-state index contributed by atoms with van der Waals surface area (Å²) in [4.78, 5) is 12.2. The van der Waals surface area contributed by atoms with Crippen molar-refractivity contribution >= 4 is 5.91 Å². The van der Waals surface area contributed by atoms with Crippen molar-refractivity contribution in [2.75, 3.05) is 14.2 Å². The molecule has 1 heterocycles. The van der Waals surface area contributed by atoms with E-state index in [-0.39, 0.29) is 11.9 Å². The summed E-state index contributed by atoms with van der Waals surface area (Å²) in [5.41, 5.74) is 1.39. The Hall–Kier alpha value is -2.50. The number of aromatic nitrogens is 2. The second kappa shape index (κ2) is 6.10. The summed E-state index contributed by atoms with van der Waals surface area (Å²) in [5, 5.41) is 9.47. The van der Waals surface area contributed by atoms with Gasteiger partial charge in [-0.25, -0.2) is 0 Å². The zero-order valence-electron chi connectivity index (χ0n) is 11.6. The fourth-order valence-electron chi connectivity index (χ4n) is 1.80. The maximum Gasteiger partial charge on any atom is 0.252 e. The molecule has 0 bridgehead atoms. The van der Waals surface area contributed by atoms with Crippen molar-refractivity contribution in [2.45, 2.75) is 13.0 Å². The van der Waals surface area contributed by atoms with Gasteiger partial charge in [-0.15, -0.1) is 0 Å². The highest BCUT2D eigenvalue weighted by Crippen LogP contribution is 2.23. The number of ether oxygens (including phenoxy) is 2. The molecule has 1 aromatic heterocycles. The van der Waals surface area contributed by atoms with Crippen molar-refractivity contribution in [3.8, 4) is 11.5 Å². The van der Waals surface area contributed by atoms with Crippen LogP contribution in [0.3, 0.4) is 0 Å². The first-order valence-electron chi connectivity index (χ1n) is 6.16. The van der Waals surface area contributed by atoms with E-state index in [2.05, 4.69) is 15.5 Å². The van der Waals surface area contributed by atoms with Crippen molar-refractivity contribution in [3.05, 3.63) is 41.7 Å². The number of aromatic amines is 1. The number of methoxy groups -OCH3 is 2. The summed E-state index contributed by atoms with van der Waals surface area (Å²) >= 11 is 0. The Balaban J connectivity index is 2.16. The minimum Gasteiger partial charge on any atom is -0.497 e. The molecule has 1 aromatic carbocycles. The van der Waals surface area contributed by atoms with Crippen LogP contribution in [-0.4, -0.2) is 30.3 Å². The molecule has 0 spiro atoms. The Kier molecular flexibility index (Phi) is 4.24. The molecule has 20 heavy (non-hydrogen) atoms. The van der Waals surface area contributed by atoms with Gasteiger partial charge < -0.3 is 14.8 Å². The summed E-state index contributed by atoms with van der Waals surface area (Å²) in [6, 6.07) is 4.91. The average molecular weight is 275 g/mol. The zero-order valence-corrected chi connectivity index (χ0v) is 11.6. The van der Waals surface area contributed by atoms with Crippen LogP contribution in [0.4, 0.5) is 0 Å². The summed E-state index contributed by atoms with van der Waals surface area (Å²) in [6.45, 7) is 1.89. The van der Waals surface area contributed by atoms with E-state index in [0.29, 0.717) is 17.1 Å². The van der Waals surface area contributed by atoms with Crippen molar-refractivity contribution in [3.63, 3.8) is 0 Å². The quantitative estimate of drug-likeness (QED) is 0.874. The van der Waals surface area contributed by atoms with Crippen LogP contribution >= 0.6 is 0 Å². The molecule has 0 saturated carbocycles. The molecule has 0 saturated heterocycles. The number of carbonyl (C=O) groups is 1. The van der Waals surface area contributed by atoms with Gasteiger partial charge in [0.15, 0.2) is 0 Å². The molecular weight excluding hydrogens is 258 g/mol. The Morgan fingerprint density at radius 2 is 1.90 bits per heavy atom. The summed E-state index contributed by atoms with van der Waals surface area (Å²) in [6.07, 6.45) is 3.42. The predicted molar refractivity (Wildman–Crippen MR) is 74.0 cm³/mol. The van der Waals surface area contributed by atoms with E-state index in [1.165, 1.54) is 0 Å². The highest BCUT2D eigenvalue weighted by molar-refractivity contribution is 5.95. The highest BCUT2D eigenvalue weighted by Gasteiger charge is 2.14. The van der Waals surface area contributed by atoms with Crippen molar-refractivity contribution < 1.29 is 14.3 Å². The summed E-state index contributed by atoms with van der Waals surface area (Å²) in [7, 11) is 3.09. The molecule has 6 heteroatoms. The third kappa shape index (κ3) is 3.09. The summed E-state index contributed by atoms with van der Waals surface area (Å²) in [5.74, 6) is 0.951. The summed E-state index contributed by atoms with van der Waals surface area (Å²) < 4.78 is 10.3. The lowest BCUT2D eigenvalue weighted by Crippen LogP contribution is -2.26. The van der Waals surface area contributed by atoms with E-state index in [1.807, 2.05) is 6.92 Å². The number of benzene rings is 1. The standard InChI is InChI=1S/C14H17N3O3/c1-9(11-7-15-16-8-11)17-14(18)10-4-12(19-2)6-13(5-10)20-3/h4-9H,1-3H3,(H,15,16)(H,17,18). The smallest absolute Gasteiger partial charge is 0.252 e. The van der Waals surface area contributed by atoms with Crippen LogP contribution in [0.15, 0.2) is 30.6 Å². The van der Waals surface area contributed by atoms with Gasteiger partial charge in [0.25, 0.3) is 5.91 Å². The number of nitrogens with zero attached hydrogens (tertiary/aromatic N) is 1. The minimum absolute atomic E-state index is 0.140. The fraction of sp³-hybridized carbons (Fsp3) is 0.286. The van der Waals surface area contributed by atoms with Gasteiger partial charge in [0.2, 0.25) is 0 Å². The normalized spacial score (nSPS) is 11.8. The molecule has 0 aliphatic heterocycles. The SMILES string of the molecule is COc1cc(OC)cc(C(=O)NC(C)c2cn[nH]c2)c1. The first kappa shape index (κ1) is 13.9. The topological polar surface area (TPSA) is 76.2 Å². The molecular formula is C14H17N3O3. The van der Waals surface area contributed by atoms with Crippen LogP contribution in [0.2, 0.25) is 0 Å². The molecule has 2 rings (SSSR count). The maximum atomic E-state index is 12.2. The number of rotatable bonds is 5. The lowest BCUT2D eigenvalue weighted by atomic mass is 10.1.